The smallest absolute Gasteiger partial charge is 0.283 e. The summed E-state index contributed by atoms with van der Waals surface area (Å²) in [6.45, 7) is 4.16. The predicted molar refractivity (Wildman–Crippen MR) is 117 cm³/mol. The molecule has 1 saturated heterocycles. The first-order chi connectivity index (χ1) is 15.0. The highest BCUT2D eigenvalue weighted by Gasteiger charge is 2.22. The molecule has 1 aliphatic rings. The molecule has 0 atom stereocenters. The van der Waals surface area contributed by atoms with E-state index in [9.17, 15) is 19.3 Å². The minimum atomic E-state index is -0.720. The molecule has 0 unspecified atom stereocenters. The van der Waals surface area contributed by atoms with Gasteiger partial charge in [-0.3, -0.25) is 19.8 Å². The molecule has 0 saturated carbocycles. The molecule has 160 valence electrons. The third-order valence-corrected chi connectivity index (χ3v) is 5.65. The highest BCUT2D eigenvalue weighted by molar-refractivity contribution is 5.99. The Balaban J connectivity index is 1.28. The van der Waals surface area contributed by atoms with Crippen molar-refractivity contribution in [2.24, 2.45) is 0 Å². The van der Waals surface area contributed by atoms with Gasteiger partial charge in [0.25, 0.3) is 5.69 Å². The van der Waals surface area contributed by atoms with E-state index in [1.807, 2.05) is 24.4 Å². The zero-order valence-electron chi connectivity index (χ0n) is 17.0. The van der Waals surface area contributed by atoms with Crippen molar-refractivity contribution in [3.8, 4) is 0 Å². The summed E-state index contributed by atoms with van der Waals surface area (Å²) in [4.78, 5) is 31.9. The van der Waals surface area contributed by atoms with Crippen molar-refractivity contribution in [1.82, 2.24) is 9.88 Å². The van der Waals surface area contributed by atoms with Gasteiger partial charge >= 0.3 is 0 Å². The van der Waals surface area contributed by atoms with Crippen LogP contribution in [0.4, 0.5) is 15.9 Å². The molecule has 8 heteroatoms. The summed E-state index contributed by atoms with van der Waals surface area (Å²) < 4.78 is 13.3. The van der Waals surface area contributed by atoms with E-state index in [-0.39, 0.29) is 17.8 Å². The lowest BCUT2D eigenvalue weighted by atomic mass is 10.0. The molecule has 0 bridgehead atoms. The maximum atomic E-state index is 13.3. The van der Waals surface area contributed by atoms with Gasteiger partial charge in [-0.1, -0.05) is 24.3 Å². The Bertz CT molecular complexity index is 1110. The van der Waals surface area contributed by atoms with Crippen LogP contribution < -0.4 is 4.90 Å². The second-order valence-electron chi connectivity index (χ2n) is 7.66. The number of hydrogen-bond acceptors (Lipinski definition) is 6. The Labute approximate surface area is 179 Å². The summed E-state index contributed by atoms with van der Waals surface area (Å²) in [5, 5.41) is 13.4. The zero-order chi connectivity index (χ0) is 21.8. The van der Waals surface area contributed by atoms with E-state index in [1.54, 1.807) is 0 Å². The molecule has 1 fully saturated rings. The van der Waals surface area contributed by atoms with Gasteiger partial charge < -0.3 is 4.90 Å². The molecule has 1 aromatic heterocycles. The van der Waals surface area contributed by atoms with Gasteiger partial charge in [0.2, 0.25) is 0 Å². The molecule has 2 heterocycles. The number of carbonyl (C=O) groups excluding carboxylic acids is 1. The number of halogens is 1. The number of hydrogen-bond donors (Lipinski definition) is 0. The van der Waals surface area contributed by atoms with E-state index in [1.165, 1.54) is 11.5 Å². The van der Waals surface area contributed by atoms with Crippen LogP contribution in [0.1, 0.15) is 23.2 Å². The predicted octanol–water partition coefficient (Wildman–Crippen LogP) is 4.07. The van der Waals surface area contributed by atoms with Crippen LogP contribution >= 0.6 is 0 Å². The summed E-state index contributed by atoms with van der Waals surface area (Å²) in [5.74, 6) is -0.0788. The number of aromatic nitrogens is 1. The number of ketones is 1. The number of benzene rings is 2. The first kappa shape index (κ1) is 20.9. The number of rotatable bonds is 7. The van der Waals surface area contributed by atoms with Gasteiger partial charge in [-0.25, -0.2) is 9.37 Å². The highest BCUT2D eigenvalue weighted by atomic mass is 19.1. The van der Waals surface area contributed by atoms with Gasteiger partial charge in [-0.15, -0.1) is 0 Å². The van der Waals surface area contributed by atoms with E-state index in [4.69, 9.17) is 0 Å². The number of carbonyl (C=O) groups is 1. The Morgan fingerprint density at radius 3 is 2.55 bits per heavy atom. The van der Waals surface area contributed by atoms with Crippen molar-refractivity contribution in [3.63, 3.8) is 0 Å². The normalized spacial score (nSPS) is 14.7. The monoisotopic (exact) mass is 422 g/mol. The van der Waals surface area contributed by atoms with Crippen LogP contribution in [0, 0.1) is 15.9 Å². The van der Waals surface area contributed by atoms with Gasteiger partial charge in [0, 0.05) is 44.2 Å². The molecule has 7 nitrogen and oxygen atoms in total. The molecular weight excluding hydrogens is 399 g/mol. The maximum absolute atomic E-state index is 13.3. The molecular formula is C23H23FN4O3. The first-order valence-corrected chi connectivity index (χ1v) is 10.3. The second kappa shape index (κ2) is 9.18. The van der Waals surface area contributed by atoms with Crippen molar-refractivity contribution < 1.29 is 14.1 Å². The number of nitro benzene ring substituents is 1. The summed E-state index contributed by atoms with van der Waals surface area (Å²) in [6.07, 6.45) is 2.69. The average molecular weight is 422 g/mol. The number of fused-ring (bicyclic) bond motifs is 1. The standard InChI is InChI=1S/C23H23FN4O3/c24-19-7-8-20(21(15-19)28(30)31)22(29)6-3-9-26-10-12-27(13-11-26)23-14-17-4-1-2-5-18(17)16-25-23/h1-2,4-5,7-8,14-16H,3,6,9-13H2. The Hall–Kier alpha value is -3.39. The molecule has 0 aliphatic carbocycles. The van der Waals surface area contributed by atoms with E-state index < -0.39 is 16.4 Å². The van der Waals surface area contributed by atoms with Crippen molar-refractivity contribution in [2.45, 2.75) is 12.8 Å². The first-order valence-electron chi connectivity index (χ1n) is 10.3. The van der Waals surface area contributed by atoms with Crippen molar-refractivity contribution in [1.29, 1.82) is 0 Å². The lowest BCUT2D eigenvalue weighted by Crippen LogP contribution is -2.47. The lowest BCUT2D eigenvalue weighted by molar-refractivity contribution is -0.385. The maximum Gasteiger partial charge on any atom is 0.283 e. The van der Waals surface area contributed by atoms with Gasteiger partial charge in [0.05, 0.1) is 16.6 Å². The highest BCUT2D eigenvalue weighted by Crippen LogP contribution is 2.23. The van der Waals surface area contributed by atoms with Crippen LogP contribution in [0.5, 0.6) is 0 Å². The fraction of sp³-hybridized carbons (Fsp3) is 0.304. The molecule has 0 amide bonds. The van der Waals surface area contributed by atoms with Crippen molar-refractivity contribution >= 4 is 28.1 Å². The summed E-state index contributed by atoms with van der Waals surface area (Å²) >= 11 is 0. The quantitative estimate of drug-likeness (QED) is 0.324. The van der Waals surface area contributed by atoms with E-state index in [2.05, 4.69) is 26.9 Å². The Morgan fingerprint density at radius 2 is 1.81 bits per heavy atom. The van der Waals surface area contributed by atoms with Crippen LogP contribution in [-0.4, -0.2) is 53.3 Å². The van der Waals surface area contributed by atoms with Crippen LogP contribution in [0.2, 0.25) is 0 Å². The number of Topliss-reactive ketones (excluding diaryl/α,β-unsaturated/α-hetero) is 1. The summed E-state index contributed by atoms with van der Waals surface area (Å²) in [6, 6.07) is 13.3. The van der Waals surface area contributed by atoms with E-state index in [0.29, 0.717) is 6.42 Å². The number of anilines is 1. The number of nitrogens with zero attached hydrogens (tertiary/aromatic N) is 4. The molecule has 0 radical (unpaired) electrons. The second-order valence-corrected chi connectivity index (χ2v) is 7.66. The number of nitro groups is 1. The van der Waals surface area contributed by atoms with Crippen LogP contribution in [-0.2, 0) is 0 Å². The van der Waals surface area contributed by atoms with Crippen molar-refractivity contribution in [3.05, 3.63) is 76.2 Å². The molecule has 31 heavy (non-hydrogen) atoms. The van der Waals surface area contributed by atoms with Gasteiger partial charge in [-0.05, 0) is 36.6 Å². The third kappa shape index (κ3) is 4.86. The summed E-state index contributed by atoms with van der Waals surface area (Å²) in [7, 11) is 0. The lowest BCUT2D eigenvalue weighted by Gasteiger charge is -2.35. The van der Waals surface area contributed by atoms with Crippen LogP contribution in [0.15, 0.2) is 54.7 Å². The largest absolute Gasteiger partial charge is 0.354 e. The molecule has 0 N–H and O–H groups in total. The van der Waals surface area contributed by atoms with Gasteiger partial charge in [0.15, 0.2) is 5.78 Å². The Morgan fingerprint density at radius 1 is 1.06 bits per heavy atom. The van der Waals surface area contributed by atoms with Gasteiger partial charge in [-0.2, -0.15) is 0 Å². The third-order valence-electron chi connectivity index (χ3n) is 5.65. The molecule has 0 spiro atoms. The number of pyridine rings is 1. The van der Waals surface area contributed by atoms with E-state index in [0.717, 1.165) is 56.1 Å². The zero-order valence-corrected chi connectivity index (χ0v) is 17.0. The molecule has 1 aliphatic heterocycles. The average Bonchev–Trinajstić information content (AvgIpc) is 2.79. The van der Waals surface area contributed by atoms with Crippen molar-refractivity contribution in [2.75, 3.05) is 37.6 Å². The Kier molecular flexibility index (Phi) is 6.18. The minimum Gasteiger partial charge on any atom is -0.354 e. The van der Waals surface area contributed by atoms with Crippen LogP contribution in [0.25, 0.3) is 10.8 Å². The van der Waals surface area contributed by atoms with E-state index >= 15 is 0 Å². The SMILES string of the molecule is O=C(CCCN1CCN(c2cc3ccccc3cn2)CC1)c1ccc(F)cc1[N+](=O)[O-]. The molecule has 2 aromatic carbocycles. The van der Waals surface area contributed by atoms with Gasteiger partial charge in [0.1, 0.15) is 11.6 Å². The molecule has 4 rings (SSSR count). The number of piperazine rings is 1. The topological polar surface area (TPSA) is 79.6 Å². The minimum absolute atomic E-state index is 0.0291. The van der Waals surface area contributed by atoms with Crippen LogP contribution in [0.3, 0.4) is 0 Å². The molecule has 3 aromatic rings. The summed E-state index contributed by atoms with van der Waals surface area (Å²) in [5.41, 5.74) is -0.500. The fourth-order valence-electron chi connectivity index (χ4n) is 3.93. The fourth-order valence-corrected chi connectivity index (χ4v) is 3.93.